The zero-order chi connectivity index (χ0) is 9.97. The van der Waals surface area contributed by atoms with Crippen LogP contribution in [0, 0.1) is 0 Å². The Labute approximate surface area is 88.1 Å². The molecule has 2 fully saturated rings. The molecule has 0 amide bonds. The minimum absolute atomic E-state index is 0.778. The highest BCUT2D eigenvalue weighted by atomic mass is 15.2. The van der Waals surface area contributed by atoms with Gasteiger partial charge in [0.25, 0.3) is 0 Å². The smallest absolute Gasteiger partial charge is 0.0249 e. The summed E-state index contributed by atoms with van der Waals surface area (Å²) in [5.41, 5.74) is 0. The van der Waals surface area contributed by atoms with Gasteiger partial charge in [-0.1, -0.05) is 13.3 Å². The number of nitrogens with zero attached hydrogens (tertiary/aromatic N) is 1. The van der Waals surface area contributed by atoms with E-state index in [1.807, 2.05) is 0 Å². The highest BCUT2D eigenvalue weighted by Crippen LogP contribution is 2.33. The first kappa shape index (κ1) is 10.4. The topological polar surface area (TPSA) is 15.3 Å². The Morgan fingerprint density at radius 2 is 2.00 bits per heavy atom. The first-order valence-corrected chi connectivity index (χ1v) is 6.28. The van der Waals surface area contributed by atoms with Crippen LogP contribution in [0.1, 0.15) is 45.4 Å². The van der Waals surface area contributed by atoms with E-state index in [2.05, 4.69) is 24.2 Å². The van der Waals surface area contributed by atoms with Crippen LogP contribution in [0.25, 0.3) is 0 Å². The quantitative estimate of drug-likeness (QED) is 0.723. The van der Waals surface area contributed by atoms with Gasteiger partial charge >= 0.3 is 0 Å². The van der Waals surface area contributed by atoms with Crippen LogP contribution in [0.4, 0.5) is 0 Å². The average Bonchev–Trinajstić information content (AvgIpc) is 2.93. The largest absolute Gasteiger partial charge is 0.312 e. The summed E-state index contributed by atoms with van der Waals surface area (Å²) in [6.45, 7) is 3.45. The molecule has 0 aromatic carbocycles. The SMILES string of the molecule is CCCNC1CCCC1N(C)C1CC1. The van der Waals surface area contributed by atoms with Crippen LogP contribution in [-0.2, 0) is 0 Å². The van der Waals surface area contributed by atoms with Crippen LogP contribution in [0.15, 0.2) is 0 Å². The lowest BCUT2D eigenvalue weighted by Gasteiger charge is -2.30. The van der Waals surface area contributed by atoms with E-state index in [4.69, 9.17) is 0 Å². The number of hydrogen-bond acceptors (Lipinski definition) is 2. The van der Waals surface area contributed by atoms with Gasteiger partial charge in [0, 0.05) is 18.1 Å². The lowest BCUT2D eigenvalue weighted by atomic mass is 10.1. The highest BCUT2D eigenvalue weighted by molar-refractivity contribution is 4.95. The maximum absolute atomic E-state index is 3.70. The van der Waals surface area contributed by atoms with E-state index in [9.17, 15) is 0 Å². The van der Waals surface area contributed by atoms with Gasteiger partial charge in [-0.3, -0.25) is 4.90 Å². The molecule has 0 aromatic heterocycles. The molecular formula is C12H24N2. The van der Waals surface area contributed by atoms with E-state index in [0.29, 0.717) is 0 Å². The number of hydrogen-bond donors (Lipinski definition) is 1. The summed E-state index contributed by atoms with van der Waals surface area (Å²) < 4.78 is 0. The molecule has 82 valence electrons. The molecule has 2 unspecified atom stereocenters. The fraction of sp³-hybridized carbons (Fsp3) is 1.00. The van der Waals surface area contributed by atoms with Gasteiger partial charge in [-0.25, -0.2) is 0 Å². The van der Waals surface area contributed by atoms with Gasteiger partial charge in [0.2, 0.25) is 0 Å². The van der Waals surface area contributed by atoms with Crippen molar-refractivity contribution in [2.45, 2.75) is 63.6 Å². The predicted molar refractivity (Wildman–Crippen MR) is 60.5 cm³/mol. The highest BCUT2D eigenvalue weighted by Gasteiger charge is 2.36. The molecule has 0 spiro atoms. The Bertz CT molecular complexity index is 177. The number of likely N-dealkylation sites (N-methyl/N-ethyl adjacent to an activating group) is 1. The maximum Gasteiger partial charge on any atom is 0.0249 e. The molecule has 2 heteroatoms. The van der Waals surface area contributed by atoms with Gasteiger partial charge in [-0.15, -0.1) is 0 Å². The molecule has 0 aliphatic heterocycles. The van der Waals surface area contributed by atoms with E-state index < -0.39 is 0 Å². The number of nitrogens with one attached hydrogen (secondary N) is 1. The van der Waals surface area contributed by atoms with Crippen molar-refractivity contribution in [1.29, 1.82) is 0 Å². The molecule has 0 aromatic rings. The van der Waals surface area contributed by atoms with E-state index in [-0.39, 0.29) is 0 Å². The molecule has 2 saturated carbocycles. The lowest BCUT2D eigenvalue weighted by Crippen LogP contribution is -2.46. The molecule has 2 aliphatic rings. The molecular weight excluding hydrogens is 172 g/mol. The average molecular weight is 196 g/mol. The lowest BCUT2D eigenvalue weighted by molar-refractivity contribution is 0.202. The summed E-state index contributed by atoms with van der Waals surface area (Å²) in [6, 6.07) is 2.53. The summed E-state index contributed by atoms with van der Waals surface area (Å²) in [5.74, 6) is 0. The summed E-state index contributed by atoms with van der Waals surface area (Å²) in [7, 11) is 2.33. The van der Waals surface area contributed by atoms with Crippen LogP contribution in [-0.4, -0.2) is 36.6 Å². The van der Waals surface area contributed by atoms with Gasteiger partial charge in [-0.05, 0) is 45.7 Å². The van der Waals surface area contributed by atoms with Crippen molar-refractivity contribution in [3.63, 3.8) is 0 Å². The van der Waals surface area contributed by atoms with E-state index in [1.165, 1.54) is 45.1 Å². The molecule has 2 nitrogen and oxygen atoms in total. The predicted octanol–water partition coefficient (Wildman–Crippen LogP) is 2.00. The van der Waals surface area contributed by atoms with Crippen molar-refractivity contribution in [1.82, 2.24) is 10.2 Å². The monoisotopic (exact) mass is 196 g/mol. The van der Waals surface area contributed by atoms with Gasteiger partial charge < -0.3 is 5.32 Å². The fourth-order valence-corrected chi connectivity index (χ4v) is 2.75. The van der Waals surface area contributed by atoms with E-state index >= 15 is 0 Å². The summed E-state index contributed by atoms with van der Waals surface area (Å²) in [4.78, 5) is 2.64. The summed E-state index contributed by atoms with van der Waals surface area (Å²) in [5, 5.41) is 3.70. The molecule has 0 heterocycles. The van der Waals surface area contributed by atoms with Crippen molar-refractivity contribution in [2.75, 3.05) is 13.6 Å². The molecule has 1 N–H and O–H groups in total. The Morgan fingerprint density at radius 3 is 2.64 bits per heavy atom. The molecule has 2 atom stereocenters. The summed E-state index contributed by atoms with van der Waals surface area (Å²) >= 11 is 0. The van der Waals surface area contributed by atoms with E-state index in [1.54, 1.807) is 0 Å². The van der Waals surface area contributed by atoms with Crippen molar-refractivity contribution in [3.8, 4) is 0 Å². The molecule has 2 aliphatic carbocycles. The Morgan fingerprint density at radius 1 is 1.21 bits per heavy atom. The van der Waals surface area contributed by atoms with Crippen LogP contribution in [0.2, 0.25) is 0 Å². The Hall–Kier alpha value is -0.0800. The summed E-state index contributed by atoms with van der Waals surface area (Å²) in [6.07, 6.45) is 8.36. The molecule has 2 rings (SSSR count). The number of rotatable bonds is 5. The van der Waals surface area contributed by atoms with Crippen molar-refractivity contribution >= 4 is 0 Å². The first-order chi connectivity index (χ1) is 6.83. The molecule has 0 saturated heterocycles. The van der Waals surface area contributed by atoms with Crippen molar-refractivity contribution < 1.29 is 0 Å². The standard InChI is InChI=1S/C12H24N2/c1-3-9-13-11-5-4-6-12(11)14(2)10-7-8-10/h10-13H,3-9H2,1-2H3. The Kier molecular flexibility index (Phi) is 3.45. The second kappa shape index (κ2) is 4.63. The molecule has 0 radical (unpaired) electrons. The van der Waals surface area contributed by atoms with Crippen molar-refractivity contribution in [2.24, 2.45) is 0 Å². The van der Waals surface area contributed by atoms with Gasteiger partial charge in [-0.2, -0.15) is 0 Å². The maximum atomic E-state index is 3.70. The molecule has 14 heavy (non-hydrogen) atoms. The van der Waals surface area contributed by atoms with Gasteiger partial charge in [0.05, 0.1) is 0 Å². The first-order valence-electron chi connectivity index (χ1n) is 6.28. The zero-order valence-electron chi connectivity index (χ0n) is 9.63. The van der Waals surface area contributed by atoms with E-state index in [0.717, 1.165) is 18.1 Å². The minimum atomic E-state index is 0.778. The fourth-order valence-electron chi connectivity index (χ4n) is 2.75. The van der Waals surface area contributed by atoms with Crippen LogP contribution in [0.3, 0.4) is 0 Å². The van der Waals surface area contributed by atoms with Crippen molar-refractivity contribution in [3.05, 3.63) is 0 Å². The van der Waals surface area contributed by atoms with Crippen LogP contribution >= 0.6 is 0 Å². The Balaban J connectivity index is 1.82. The van der Waals surface area contributed by atoms with Gasteiger partial charge in [0.15, 0.2) is 0 Å². The normalized spacial score (nSPS) is 32.8. The van der Waals surface area contributed by atoms with Gasteiger partial charge in [0.1, 0.15) is 0 Å². The zero-order valence-corrected chi connectivity index (χ0v) is 9.63. The second-order valence-electron chi connectivity index (χ2n) is 4.96. The second-order valence-corrected chi connectivity index (χ2v) is 4.96. The van der Waals surface area contributed by atoms with Crippen LogP contribution in [0.5, 0.6) is 0 Å². The third kappa shape index (κ3) is 2.29. The minimum Gasteiger partial charge on any atom is -0.312 e. The van der Waals surface area contributed by atoms with Crippen LogP contribution < -0.4 is 5.32 Å². The third-order valence-electron chi connectivity index (χ3n) is 3.78. The molecule has 0 bridgehead atoms. The third-order valence-corrected chi connectivity index (χ3v) is 3.78.